The summed E-state index contributed by atoms with van der Waals surface area (Å²) in [5, 5.41) is 16.3. The quantitative estimate of drug-likeness (QED) is 0.287. The number of benzene rings is 3. The molecular weight excluding hydrogens is 470 g/mol. The van der Waals surface area contributed by atoms with Gasteiger partial charge in [-0.3, -0.25) is 20.2 Å². The fourth-order valence-electron chi connectivity index (χ4n) is 2.49. The van der Waals surface area contributed by atoms with Crippen molar-refractivity contribution in [1.29, 1.82) is 0 Å². The smallest absolute Gasteiger partial charge is 0.270 e. The number of halogens is 1. The summed E-state index contributed by atoms with van der Waals surface area (Å²) < 4.78 is 6.16. The van der Waals surface area contributed by atoms with E-state index < -0.39 is 4.92 Å². The van der Waals surface area contributed by atoms with Gasteiger partial charge in [-0.25, -0.2) is 0 Å². The van der Waals surface area contributed by atoms with Gasteiger partial charge in [0.2, 0.25) is 0 Å². The number of anilines is 1. The molecule has 0 fully saturated rings. The second-order valence-corrected chi connectivity index (χ2v) is 7.39. The molecule has 3 rings (SSSR count). The van der Waals surface area contributed by atoms with Crippen molar-refractivity contribution in [3.63, 3.8) is 0 Å². The Balaban J connectivity index is 1.55. The molecule has 3 aromatic carbocycles. The van der Waals surface area contributed by atoms with Gasteiger partial charge in [-0.2, -0.15) is 0 Å². The molecule has 0 unspecified atom stereocenters. The van der Waals surface area contributed by atoms with Crippen LogP contribution in [0.4, 0.5) is 11.4 Å². The molecule has 0 radical (unpaired) electrons. The summed E-state index contributed by atoms with van der Waals surface area (Å²) in [5.41, 5.74) is 1.90. The van der Waals surface area contributed by atoms with E-state index in [4.69, 9.17) is 17.0 Å². The average molecular weight is 486 g/mol. The molecule has 2 N–H and O–H groups in total. The monoisotopic (exact) mass is 485 g/mol. The molecule has 9 heteroatoms. The van der Waals surface area contributed by atoms with Gasteiger partial charge in [0.15, 0.2) is 5.11 Å². The second-order valence-electron chi connectivity index (χ2n) is 6.13. The molecule has 0 aliphatic rings. The molecule has 0 bridgehead atoms. The van der Waals surface area contributed by atoms with Crippen molar-refractivity contribution in [2.45, 2.75) is 6.61 Å². The molecule has 30 heavy (non-hydrogen) atoms. The number of rotatable bonds is 6. The Kier molecular flexibility index (Phi) is 7.10. The van der Waals surface area contributed by atoms with Gasteiger partial charge in [0.1, 0.15) is 12.4 Å². The molecule has 0 aliphatic carbocycles. The summed E-state index contributed by atoms with van der Waals surface area (Å²) >= 11 is 8.40. The van der Waals surface area contributed by atoms with E-state index in [0.29, 0.717) is 28.1 Å². The van der Waals surface area contributed by atoms with Gasteiger partial charge in [-0.05, 0) is 64.0 Å². The minimum absolute atomic E-state index is 0.0584. The van der Waals surface area contributed by atoms with Crippen LogP contribution in [0.5, 0.6) is 5.75 Å². The van der Waals surface area contributed by atoms with Crippen LogP contribution >= 0.6 is 28.1 Å². The molecule has 152 valence electrons. The first kappa shape index (κ1) is 21.4. The number of nitrogens with zero attached hydrogens (tertiary/aromatic N) is 1. The van der Waals surface area contributed by atoms with E-state index >= 15 is 0 Å². The summed E-state index contributed by atoms with van der Waals surface area (Å²) in [4.78, 5) is 22.7. The lowest BCUT2D eigenvalue weighted by Gasteiger charge is -2.11. The summed E-state index contributed by atoms with van der Waals surface area (Å²) in [7, 11) is 0. The number of carbonyl (C=O) groups is 1. The maximum absolute atomic E-state index is 12.4. The molecule has 7 nitrogen and oxygen atoms in total. The van der Waals surface area contributed by atoms with Crippen molar-refractivity contribution >= 4 is 50.5 Å². The summed E-state index contributed by atoms with van der Waals surface area (Å²) in [5.74, 6) is 0.256. The average Bonchev–Trinajstić information content (AvgIpc) is 2.74. The van der Waals surface area contributed by atoms with Crippen LogP contribution in [-0.2, 0) is 6.61 Å². The van der Waals surface area contributed by atoms with E-state index in [0.717, 1.165) is 5.56 Å². The Morgan fingerprint density at radius 3 is 2.40 bits per heavy atom. The van der Waals surface area contributed by atoms with Crippen LogP contribution in [0.25, 0.3) is 0 Å². The number of thiocarbonyl (C=S) groups is 1. The van der Waals surface area contributed by atoms with Crippen LogP contribution in [-0.4, -0.2) is 15.9 Å². The molecular formula is C21H16BrN3O4S. The van der Waals surface area contributed by atoms with Crippen LogP contribution in [0.15, 0.2) is 77.3 Å². The fourth-order valence-corrected chi connectivity index (χ4v) is 3.16. The summed E-state index contributed by atoms with van der Waals surface area (Å²) in [6.07, 6.45) is 0. The molecule has 0 aliphatic heterocycles. The van der Waals surface area contributed by atoms with Crippen molar-refractivity contribution in [3.8, 4) is 5.75 Å². The van der Waals surface area contributed by atoms with E-state index in [9.17, 15) is 14.9 Å². The lowest BCUT2D eigenvalue weighted by Crippen LogP contribution is -2.34. The molecule has 0 saturated carbocycles. The van der Waals surface area contributed by atoms with Crippen LogP contribution in [0, 0.1) is 10.1 Å². The molecule has 0 heterocycles. The van der Waals surface area contributed by atoms with Crippen LogP contribution in [0.3, 0.4) is 0 Å². The largest absolute Gasteiger partial charge is 0.489 e. The highest BCUT2D eigenvalue weighted by Crippen LogP contribution is 2.27. The molecule has 1 amide bonds. The number of non-ortho nitro benzene ring substituents is 1. The third kappa shape index (κ3) is 5.85. The third-order valence-corrected chi connectivity index (χ3v) is 4.86. The highest BCUT2D eigenvalue weighted by atomic mass is 79.9. The minimum atomic E-state index is -0.498. The Morgan fingerprint density at radius 2 is 1.77 bits per heavy atom. The number of hydrogen-bond donors (Lipinski definition) is 2. The van der Waals surface area contributed by atoms with Gasteiger partial charge >= 0.3 is 0 Å². The summed E-state index contributed by atoms with van der Waals surface area (Å²) in [6.45, 7) is 0.435. The van der Waals surface area contributed by atoms with E-state index in [1.165, 1.54) is 18.2 Å². The number of nitro groups is 1. The lowest BCUT2D eigenvalue weighted by molar-refractivity contribution is -0.384. The SMILES string of the molecule is O=C(NC(=S)Nc1ccc([N+](=O)[O-])cc1Br)c1ccc(OCc2ccccc2)cc1. The van der Waals surface area contributed by atoms with E-state index in [1.54, 1.807) is 24.3 Å². The third-order valence-electron chi connectivity index (χ3n) is 4.00. The van der Waals surface area contributed by atoms with Gasteiger partial charge in [0.25, 0.3) is 11.6 Å². The number of amides is 1. The maximum atomic E-state index is 12.4. The predicted molar refractivity (Wildman–Crippen MR) is 122 cm³/mol. The van der Waals surface area contributed by atoms with Gasteiger partial charge in [0, 0.05) is 22.2 Å². The Bertz CT molecular complexity index is 1080. The Labute approximate surface area is 186 Å². The van der Waals surface area contributed by atoms with Crippen LogP contribution in [0.1, 0.15) is 15.9 Å². The van der Waals surface area contributed by atoms with E-state index in [2.05, 4.69) is 26.6 Å². The molecule has 3 aromatic rings. The van der Waals surface area contributed by atoms with Crippen molar-refractivity contribution in [2.24, 2.45) is 0 Å². The lowest BCUT2D eigenvalue weighted by atomic mass is 10.2. The fraction of sp³-hybridized carbons (Fsp3) is 0.0476. The van der Waals surface area contributed by atoms with Crippen molar-refractivity contribution in [1.82, 2.24) is 5.32 Å². The molecule has 0 spiro atoms. The number of nitrogens with one attached hydrogen (secondary N) is 2. The highest BCUT2D eigenvalue weighted by molar-refractivity contribution is 9.10. The van der Waals surface area contributed by atoms with Crippen molar-refractivity contribution in [2.75, 3.05) is 5.32 Å². The molecule has 0 atom stereocenters. The first-order chi connectivity index (χ1) is 14.4. The zero-order valence-corrected chi connectivity index (χ0v) is 17.9. The Hall–Kier alpha value is -3.30. The van der Waals surface area contributed by atoms with Gasteiger partial charge in [-0.15, -0.1) is 0 Å². The van der Waals surface area contributed by atoms with Crippen LogP contribution < -0.4 is 15.4 Å². The predicted octanol–water partition coefficient (Wildman–Crippen LogP) is 5.06. The second kappa shape index (κ2) is 9.95. The number of nitro benzene ring substituents is 1. The van der Waals surface area contributed by atoms with Crippen molar-refractivity contribution < 1.29 is 14.5 Å². The molecule has 0 aromatic heterocycles. The first-order valence-corrected chi connectivity index (χ1v) is 9.95. The summed E-state index contributed by atoms with van der Waals surface area (Å²) in [6, 6.07) is 20.7. The van der Waals surface area contributed by atoms with Gasteiger partial charge in [-0.1, -0.05) is 30.3 Å². The number of hydrogen-bond acceptors (Lipinski definition) is 5. The normalized spacial score (nSPS) is 10.2. The highest BCUT2D eigenvalue weighted by Gasteiger charge is 2.12. The topological polar surface area (TPSA) is 93.5 Å². The number of carbonyl (C=O) groups excluding carboxylic acids is 1. The zero-order chi connectivity index (χ0) is 21.5. The van der Waals surface area contributed by atoms with Gasteiger partial charge < -0.3 is 10.1 Å². The standard InChI is InChI=1S/C21H16BrN3O4S/c22-18-12-16(25(27)28)8-11-19(18)23-21(30)24-20(26)15-6-9-17(10-7-15)29-13-14-4-2-1-3-5-14/h1-12H,13H2,(H2,23,24,26,30). The maximum Gasteiger partial charge on any atom is 0.270 e. The van der Waals surface area contributed by atoms with Crippen molar-refractivity contribution in [3.05, 3.63) is 98.5 Å². The number of ether oxygens (including phenoxy) is 1. The Morgan fingerprint density at radius 1 is 1.07 bits per heavy atom. The minimum Gasteiger partial charge on any atom is -0.489 e. The van der Waals surface area contributed by atoms with Gasteiger partial charge in [0.05, 0.1) is 10.6 Å². The van der Waals surface area contributed by atoms with E-state index in [1.807, 2.05) is 30.3 Å². The first-order valence-electron chi connectivity index (χ1n) is 8.75. The van der Waals surface area contributed by atoms with Crippen LogP contribution in [0.2, 0.25) is 0 Å². The zero-order valence-electron chi connectivity index (χ0n) is 15.5. The van der Waals surface area contributed by atoms with E-state index in [-0.39, 0.29) is 16.7 Å². The molecule has 0 saturated heterocycles.